The molecule has 3 rings (SSSR count). The van der Waals surface area contributed by atoms with Gasteiger partial charge in [-0.1, -0.05) is 11.6 Å². The molecule has 0 aromatic carbocycles. The van der Waals surface area contributed by atoms with Gasteiger partial charge in [0.2, 0.25) is 0 Å². The lowest BCUT2D eigenvalue weighted by molar-refractivity contribution is -0.147. The first-order valence-corrected chi connectivity index (χ1v) is 7.60. The third-order valence-corrected chi connectivity index (χ3v) is 4.79. The first-order chi connectivity index (χ1) is 9.50. The van der Waals surface area contributed by atoms with Gasteiger partial charge in [0.15, 0.2) is 0 Å². The predicted octanol–water partition coefficient (Wildman–Crippen LogP) is 2.54. The lowest BCUT2D eigenvalue weighted by atomic mass is 9.78. The Labute approximate surface area is 123 Å². The zero-order chi connectivity index (χ0) is 14.3. The van der Waals surface area contributed by atoms with Crippen LogP contribution in [0.2, 0.25) is 5.02 Å². The average molecular weight is 298 g/mol. The van der Waals surface area contributed by atoms with Crippen LogP contribution in [0.15, 0.2) is 6.20 Å². The molecule has 0 radical (unpaired) electrons. The highest BCUT2D eigenvalue weighted by Gasteiger charge is 2.46. The molecule has 2 aliphatic rings. The van der Waals surface area contributed by atoms with E-state index in [0.29, 0.717) is 23.9 Å². The summed E-state index contributed by atoms with van der Waals surface area (Å²) in [5, 5.41) is 18.1. The van der Waals surface area contributed by atoms with Crippen LogP contribution < -0.4 is 5.32 Å². The van der Waals surface area contributed by atoms with E-state index < -0.39 is 11.5 Å². The van der Waals surface area contributed by atoms with Crippen LogP contribution >= 0.6 is 11.6 Å². The van der Waals surface area contributed by atoms with Crippen molar-refractivity contribution in [2.75, 3.05) is 0 Å². The van der Waals surface area contributed by atoms with Gasteiger partial charge in [0, 0.05) is 12.2 Å². The van der Waals surface area contributed by atoms with Crippen molar-refractivity contribution in [3.63, 3.8) is 0 Å². The van der Waals surface area contributed by atoms with Crippen molar-refractivity contribution in [2.24, 2.45) is 0 Å². The normalized spacial score (nSPS) is 30.4. The zero-order valence-corrected chi connectivity index (χ0v) is 12.4. The Morgan fingerprint density at radius 2 is 2.30 bits per heavy atom. The maximum atomic E-state index is 11.8. The van der Waals surface area contributed by atoms with Crippen molar-refractivity contribution in [3.05, 3.63) is 16.9 Å². The molecule has 2 fully saturated rings. The second kappa shape index (κ2) is 5.04. The highest BCUT2D eigenvalue weighted by Crippen LogP contribution is 2.38. The van der Waals surface area contributed by atoms with Crippen LogP contribution in [-0.4, -0.2) is 32.4 Å². The fourth-order valence-corrected chi connectivity index (χ4v) is 3.26. The van der Waals surface area contributed by atoms with Gasteiger partial charge < -0.3 is 5.11 Å². The first-order valence-electron chi connectivity index (χ1n) is 7.22. The minimum absolute atomic E-state index is 0.109. The number of nitrogens with one attached hydrogen (secondary N) is 1. The second-order valence-electron chi connectivity index (χ2n) is 6.10. The third-order valence-electron chi connectivity index (χ3n) is 4.42. The average Bonchev–Trinajstić information content (AvgIpc) is 3.15. The van der Waals surface area contributed by atoms with E-state index in [1.165, 1.54) is 0 Å². The van der Waals surface area contributed by atoms with Crippen LogP contribution in [-0.2, 0) is 4.79 Å². The summed E-state index contributed by atoms with van der Waals surface area (Å²) in [5.41, 5.74) is 0.00414. The Bertz CT molecular complexity index is 507. The molecular weight excluding hydrogens is 278 g/mol. The Balaban J connectivity index is 1.81. The van der Waals surface area contributed by atoms with Crippen LogP contribution in [0.25, 0.3) is 0 Å². The molecular formula is C14H20ClN3O2. The molecule has 0 spiro atoms. The van der Waals surface area contributed by atoms with Crippen molar-refractivity contribution < 1.29 is 9.90 Å². The molecule has 0 amide bonds. The summed E-state index contributed by atoms with van der Waals surface area (Å²) in [6.45, 7) is 1.87. The summed E-state index contributed by atoms with van der Waals surface area (Å²) in [6, 6.07) is 0.491. The van der Waals surface area contributed by atoms with E-state index >= 15 is 0 Å². The van der Waals surface area contributed by atoms with Crippen molar-refractivity contribution in [3.8, 4) is 0 Å². The van der Waals surface area contributed by atoms with E-state index in [1.54, 1.807) is 0 Å². The molecule has 0 bridgehead atoms. The standard InChI is InChI=1S/C14H20ClN3O2/c1-9-12(15)8-18(17-9)11-3-2-6-14(7-11,13(19)20)16-10-4-5-10/h8,10-11,16H,2-7H2,1H3,(H,19,20). The van der Waals surface area contributed by atoms with E-state index in [-0.39, 0.29) is 6.04 Å². The molecule has 2 unspecified atom stereocenters. The molecule has 20 heavy (non-hydrogen) atoms. The van der Waals surface area contributed by atoms with Crippen LogP contribution in [0.3, 0.4) is 0 Å². The molecule has 2 aliphatic carbocycles. The van der Waals surface area contributed by atoms with Gasteiger partial charge in [-0.05, 0) is 45.4 Å². The minimum Gasteiger partial charge on any atom is -0.480 e. The zero-order valence-electron chi connectivity index (χ0n) is 11.6. The van der Waals surface area contributed by atoms with Gasteiger partial charge in [-0.3, -0.25) is 14.8 Å². The molecule has 2 atom stereocenters. The van der Waals surface area contributed by atoms with Crippen molar-refractivity contribution in [1.29, 1.82) is 0 Å². The number of nitrogens with zero attached hydrogens (tertiary/aromatic N) is 2. The van der Waals surface area contributed by atoms with E-state index in [0.717, 1.165) is 31.4 Å². The first kappa shape index (κ1) is 13.9. The number of halogens is 1. The molecule has 0 aliphatic heterocycles. The van der Waals surface area contributed by atoms with Crippen LogP contribution in [0.1, 0.15) is 50.3 Å². The van der Waals surface area contributed by atoms with Crippen LogP contribution in [0, 0.1) is 6.92 Å². The molecule has 2 N–H and O–H groups in total. The Hall–Kier alpha value is -1.07. The van der Waals surface area contributed by atoms with Crippen molar-refractivity contribution >= 4 is 17.6 Å². The van der Waals surface area contributed by atoms with Gasteiger partial charge in [0.25, 0.3) is 0 Å². The summed E-state index contributed by atoms with van der Waals surface area (Å²) in [4.78, 5) is 11.8. The lowest BCUT2D eigenvalue weighted by Gasteiger charge is -2.38. The topological polar surface area (TPSA) is 67.2 Å². The quantitative estimate of drug-likeness (QED) is 0.896. The number of aryl methyl sites for hydroxylation is 1. The maximum Gasteiger partial charge on any atom is 0.323 e. The Kier molecular flexibility index (Phi) is 3.50. The molecule has 2 saturated carbocycles. The Morgan fingerprint density at radius 1 is 1.55 bits per heavy atom. The number of aliphatic carboxylic acids is 1. The second-order valence-corrected chi connectivity index (χ2v) is 6.51. The molecule has 1 heterocycles. The van der Waals surface area contributed by atoms with E-state index in [9.17, 15) is 9.90 Å². The SMILES string of the molecule is Cc1nn(C2CCCC(NC3CC3)(C(=O)O)C2)cc1Cl. The molecule has 5 nitrogen and oxygen atoms in total. The van der Waals surface area contributed by atoms with E-state index in [4.69, 9.17) is 11.6 Å². The highest BCUT2D eigenvalue weighted by molar-refractivity contribution is 6.31. The number of carboxylic acid groups (broad SMARTS) is 1. The van der Waals surface area contributed by atoms with Crippen LogP contribution in [0.5, 0.6) is 0 Å². The van der Waals surface area contributed by atoms with Gasteiger partial charge in [-0.25, -0.2) is 0 Å². The van der Waals surface area contributed by atoms with Gasteiger partial charge in [-0.2, -0.15) is 5.10 Å². The fraction of sp³-hybridized carbons (Fsp3) is 0.714. The van der Waals surface area contributed by atoms with Gasteiger partial charge in [0.1, 0.15) is 5.54 Å². The van der Waals surface area contributed by atoms with E-state index in [2.05, 4.69) is 10.4 Å². The van der Waals surface area contributed by atoms with Crippen LogP contribution in [0.4, 0.5) is 0 Å². The van der Waals surface area contributed by atoms with Gasteiger partial charge in [-0.15, -0.1) is 0 Å². The third kappa shape index (κ3) is 2.56. The summed E-state index contributed by atoms with van der Waals surface area (Å²) in [6.07, 6.45) is 7.13. The van der Waals surface area contributed by atoms with Crippen molar-refractivity contribution in [2.45, 2.75) is 63.1 Å². The molecule has 110 valence electrons. The van der Waals surface area contributed by atoms with Gasteiger partial charge >= 0.3 is 5.97 Å². The highest BCUT2D eigenvalue weighted by atomic mass is 35.5. The van der Waals surface area contributed by atoms with E-state index in [1.807, 2.05) is 17.8 Å². The maximum absolute atomic E-state index is 11.8. The number of hydrogen-bond acceptors (Lipinski definition) is 3. The van der Waals surface area contributed by atoms with Gasteiger partial charge in [0.05, 0.1) is 16.8 Å². The lowest BCUT2D eigenvalue weighted by Crippen LogP contribution is -2.56. The predicted molar refractivity (Wildman–Crippen MR) is 76.0 cm³/mol. The molecule has 1 aromatic heterocycles. The molecule has 6 heteroatoms. The molecule has 1 aromatic rings. The summed E-state index contributed by atoms with van der Waals surface area (Å²) in [5.74, 6) is -0.732. The Morgan fingerprint density at radius 3 is 2.85 bits per heavy atom. The number of carboxylic acids is 1. The summed E-state index contributed by atoms with van der Waals surface area (Å²) < 4.78 is 1.85. The smallest absolute Gasteiger partial charge is 0.323 e. The fourth-order valence-electron chi connectivity index (χ4n) is 3.12. The summed E-state index contributed by atoms with van der Waals surface area (Å²) >= 11 is 6.06. The van der Waals surface area contributed by atoms with Crippen molar-refractivity contribution in [1.82, 2.24) is 15.1 Å². The number of aromatic nitrogens is 2. The monoisotopic (exact) mass is 297 g/mol. The summed E-state index contributed by atoms with van der Waals surface area (Å²) in [7, 11) is 0. The largest absolute Gasteiger partial charge is 0.480 e. The number of carbonyl (C=O) groups is 1. The number of hydrogen-bond donors (Lipinski definition) is 2. The minimum atomic E-state index is -0.795. The molecule has 0 saturated heterocycles. The number of rotatable bonds is 4.